The van der Waals surface area contributed by atoms with Gasteiger partial charge in [-0.1, -0.05) is 0 Å². The summed E-state index contributed by atoms with van der Waals surface area (Å²) < 4.78 is 13.8. The molecule has 5 nitrogen and oxygen atoms in total. The molecule has 0 atom stereocenters. The number of hydrogen-bond acceptors (Lipinski definition) is 4. The molecule has 3 rings (SSSR count). The van der Waals surface area contributed by atoms with Crippen LogP contribution in [0.25, 0.3) is 21.9 Å². The number of anilines is 1. The average molecular weight is 274 g/mol. The highest BCUT2D eigenvalue weighted by Gasteiger charge is 2.13. The molecule has 0 aliphatic carbocycles. The fourth-order valence-electron chi connectivity index (χ4n) is 2.30. The number of fused-ring (bicyclic) bond motifs is 3. The van der Waals surface area contributed by atoms with E-state index in [-0.39, 0.29) is 12.4 Å². The lowest BCUT2D eigenvalue weighted by atomic mass is 10.1. The van der Waals surface area contributed by atoms with Crippen molar-refractivity contribution in [1.82, 2.24) is 15.0 Å². The van der Waals surface area contributed by atoms with Crippen LogP contribution in [0.1, 0.15) is 17.8 Å². The molecule has 0 aliphatic heterocycles. The first kappa shape index (κ1) is 12.8. The second-order valence-corrected chi connectivity index (χ2v) is 4.85. The molecule has 4 N–H and O–H groups in total. The van der Waals surface area contributed by atoms with E-state index in [2.05, 4.69) is 15.0 Å². The predicted molar refractivity (Wildman–Crippen MR) is 75.9 cm³/mol. The van der Waals surface area contributed by atoms with Gasteiger partial charge in [0.25, 0.3) is 0 Å². The number of benzene rings is 1. The maximum Gasteiger partial charge on any atom is 0.150 e. The number of aliphatic hydroxyl groups excluding tert-OH is 1. The van der Waals surface area contributed by atoms with Crippen LogP contribution in [0.4, 0.5) is 10.2 Å². The molecule has 0 amide bonds. The SMILES string of the molecule is Cc1cc2nc(N)c3[nH]c(CCCO)nc3c2cc1F. The van der Waals surface area contributed by atoms with Gasteiger partial charge in [0.05, 0.1) is 5.52 Å². The summed E-state index contributed by atoms with van der Waals surface area (Å²) in [6.45, 7) is 1.79. The normalized spacial score (nSPS) is 11.6. The number of nitrogen functional groups attached to an aromatic ring is 1. The molecule has 0 unspecified atom stereocenters. The van der Waals surface area contributed by atoms with Gasteiger partial charge in [0.2, 0.25) is 0 Å². The number of hydrogen-bond donors (Lipinski definition) is 3. The van der Waals surface area contributed by atoms with Crippen LogP contribution in [-0.4, -0.2) is 26.7 Å². The minimum Gasteiger partial charge on any atom is -0.396 e. The maximum atomic E-state index is 13.8. The van der Waals surface area contributed by atoms with Crippen molar-refractivity contribution in [3.8, 4) is 0 Å². The fraction of sp³-hybridized carbons (Fsp3) is 0.286. The molecule has 1 aromatic carbocycles. The Morgan fingerprint density at radius 1 is 1.35 bits per heavy atom. The zero-order valence-corrected chi connectivity index (χ0v) is 11.1. The van der Waals surface area contributed by atoms with Gasteiger partial charge < -0.3 is 15.8 Å². The Labute approximate surface area is 114 Å². The van der Waals surface area contributed by atoms with Crippen molar-refractivity contribution in [3.63, 3.8) is 0 Å². The van der Waals surface area contributed by atoms with E-state index in [1.165, 1.54) is 6.07 Å². The molecule has 0 saturated heterocycles. The number of nitrogens with one attached hydrogen (secondary N) is 1. The smallest absolute Gasteiger partial charge is 0.150 e. The summed E-state index contributed by atoms with van der Waals surface area (Å²) in [6.07, 6.45) is 1.22. The first-order valence-electron chi connectivity index (χ1n) is 6.45. The highest BCUT2D eigenvalue weighted by molar-refractivity contribution is 6.06. The molecule has 0 radical (unpaired) electrons. The number of imidazole rings is 1. The minimum absolute atomic E-state index is 0.0966. The molecular weight excluding hydrogens is 259 g/mol. The Bertz CT molecular complexity index is 797. The number of rotatable bonds is 3. The van der Waals surface area contributed by atoms with Gasteiger partial charge in [0.1, 0.15) is 28.5 Å². The van der Waals surface area contributed by atoms with Crippen LogP contribution in [-0.2, 0) is 6.42 Å². The van der Waals surface area contributed by atoms with Crippen LogP contribution >= 0.6 is 0 Å². The molecule has 0 bridgehead atoms. The van der Waals surface area contributed by atoms with E-state index >= 15 is 0 Å². The molecular formula is C14H15FN4O. The van der Waals surface area contributed by atoms with Crippen molar-refractivity contribution in [2.75, 3.05) is 12.3 Å². The number of aryl methyl sites for hydroxylation is 2. The van der Waals surface area contributed by atoms with E-state index in [0.717, 1.165) is 5.82 Å². The Balaban J connectivity index is 2.28. The summed E-state index contributed by atoms with van der Waals surface area (Å²) in [7, 11) is 0. The highest BCUT2D eigenvalue weighted by atomic mass is 19.1. The van der Waals surface area contributed by atoms with E-state index in [1.807, 2.05) is 0 Å². The van der Waals surface area contributed by atoms with Crippen LogP contribution < -0.4 is 5.73 Å². The van der Waals surface area contributed by atoms with Crippen LogP contribution in [0.15, 0.2) is 12.1 Å². The second-order valence-electron chi connectivity index (χ2n) is 4.85. The second kappa shape index (κ2) is 4.72. The standard InChI is InChI=1S/C14H15FN4O/c1-7-5-10-8(6-9(7)15)12-13(14(16)17-10)19-11(18-12)3-2-4-20/h5-6,20H,2-4H2,1H3,(H2,16,17)(H,18,19). The average Bonchev–Trinajstić information content (AvgIpc) is 2.84. The fourth-order valence-corrected chi connectivity index (χ4v) is 2.30. The van der Waals surface area contributed by atoms with Gasteiger partial charge >= 0.3 is 0 Å². The summed E-state index contributed by atoms with van der Waals surface area (Å²) in [5.41, 5.74) is 8.33. The van der Waals surface area contributed by atoms with Crippen LogP contribution in [0.2, 0.25) is 0 Å². The Morgan fingerprint density at radius 2 is 2.15 bits per heavy atom. The number of aromatic nitrogens is 3. The number of aromatic amines is 1. The van der Waals surface area contributed by atoms with Gasteiger partial charge in [0.15, 0.2) is 0 Å². The third-order valence-corrected chi connectivity index (χ3v) is 3.35. The van der Waals surface area contributed by atoms with Crippen molar-refractivity contribution < 1.29 is 9.50 Å². The molecule has 20 heavy (non-hydrogen) atoms. The van der Waals surface area contributed by atoms with Gasteiger partial charge in [-0.15, -0.1) is 0 Å². The predicted octanol–water partition coefficient (Wildman–Crippen LogP) is 2.07. The Hall–Kier alpha value is -2.21. The van der Waals surface area contributed by atoms with Gasteiger partial charge in [-0.25, -0.2) is 14.4 Å². The van der Waals surface area contributed by atoms with Crippen LogP contribution in [0.5, 0.6) is 0 Å². The largest absolute Gasteiger partial charge is 0.396 e. The molecule has 104 valence electrons. The quantitative estimate of drug-likeness (QED) is 0.682. The topological polar surface area (TPSA) is 87.8 Å². The minimum atomic E-state index is -0.287. The maximum absolute atomic E-state index is 13.8. The first-order chi connectivity index (χ1) is 9.60. The third-order valence-electron chi connectivity index (χ3n) is 3.35. The summed E-state index contributed by atoms with van der Waals surface area (Å²) >= 11 is 0. The molecule has 6 heteroatoms. The third kappa shape index (κ3) is 1.98. The molecule has 2 heterocycles. The van der Waals surface area contributed by atoms with Gasteiger partial charge in [-0.2, -0.15) is 0 Å². The van der Waals surface area contributed by atoms with Crippen LogP contribution in [0.3, 0.4) is 0 Å². The van der Waals surface area contributed by atoms with Crippen molar-refractivity contribution >= 4 is 27.8 Å². The van der Waals surface area contributed by atoms with Gasteiger partial charge in [-0.05, 0) is 31.0 Å². The van der Waals surface area contributed by atoms with Gasteiger partial charge in [-0.3, -0.25) is 0 Å². The molecule has 2 aromatic heterocycles. The number of nitrogens with zero attached hydrogens (tertiary/aromatic N) is 2. The van der Waals surface area contributed by atoms with Crippen molar-refractivity contribution in [3.05, 3.63) is 29.3 Å². The lowest BCUT2D eigenvalue weighted by Gasteiger charge is -2.03. The summed E-state index contributed by atoms with van der Waals surface area (Å²) in [5, 5.41) is 9.51. The lowest BCUT2D eigenvalue weighted by molar-refractivity contribution is 0.287. The van der Waals surface area contributed by atoms with E-state index in [4.69, 9.17) is 10.8 Å². The molecule has 3 aromatic rings. The van der Waals surface area contributed by atoms with Crippen molar-refractivity contribution in [2.24, 2.45) is 0 Å². The van der Waals surface area contributed by atoms with Crippen molar-refractivity contribution in [2.45, 2.75) is 19.8 Å². The zero-order chi connectivity index (χ0) is 14.3. The Kier molecular flexibility index (Phi) is 3.02. The first-order valence-corrected chi connectivity index (χ1v) is 6.45. The van der Waals surface area contributed by atoms with Crippen LogP contribution in [0, 0.1) is 12.7 Å². The number of nitrogens with two attached hydrogens (primary N) is 1. The molecule has 0 aliphatic rings. The number of halogens is 1. The van der Waals surface area contributed by atoms with Gasteiger partial charge in [0, 0.05) is 18.4 Å². The summed E-state index contributed by atoms with van der Waals surface area (Å²) in [4.78, 5) is 11.8. The number of H-pyrrole nitrogens is 1. The molecule has 0 fully saturated rings. The van der Waals surface area contributed by atoms with Crippen molar-refractivity contribution in [1.29, 1.82) is 0 Å². The van der Waals surface area contributed by atoms with E-state index < -0.39 is 0 Å². The van der Waals surface area contributed by atoms with E-state index in [0.29, 0.717) is 46.2 Å². The van der Waals surface area contributed by atoms with E-state index in [1.54, 1.807) is 13.0 Å². The summed E-state index contributed by atoms with van der Waals surface area (Å²) in [5.74, 6) is 0.780. The molecule has 0 spiro atoms. The highest BCUT2D eigenvalue weighted by Crippen LogP contribution is 2.28. The Morgan fingerprint density at radius 3 is 2.90 bits per heavy atom. The lowest BCUT2D eigenvalue weighted by Crippen LogP contribution is -1.94. The zero-order valence-electron chi connectivity index (χ0n) is 11.1. The summed E-state index contributed by atoms with van der Waals surface area (Å²) in [6, 6.07) is 3.11. The number of aliphatic hydroxyl groups is 1. The number of pyridine rings is 1. The van der Waals surface area contributed by atoms with E-state index in [9.17, 15) is 4.39 Å². The monoisotopic (exact) mass is 274 g/mol. The molecule has 0 saturated carbocycles.